The van der Waals surface area contributed by atoms with E-state index in [0.717, 1.165) is 16.7 Å². The molecule has 2 aromatic rings. The van der Waals surface area contributed by atoms with Crippen LogP contribution in [0.5, 0.6) is 0 Å². The van der Waals surface area contributed by atoms with Gasteiger partial charge in [0, 0.05) is 12.5 Å². The van der Waals surface area contributed by atoms with Crippen molar-refractivity contribution in [3.05, 3.63) is 71.3 Å². The summed E-state index contributed by atoms with van der Waals surface area (Å²) in [4.78, 5) is 11.1. The number of hydrogen-bond donors (Lipinski definition) is 0. The number of carbonyl (C=O) groups is 1. The van der Waals surface area contributed by atoms with E-state index in [1.807, 2.05) is 61.5 Å². The van der Waals surface area contributed by atoms with Gasteiger partial charge in [-0.3, -0.25) is 4.79 Å². The predicted molar refractivity (Wildman–Crippen MR) is 85.5 cm³/mol. The Morgan fingerprint density at radius 3 is 2.61 bits per heavy atom. The first-order valence-corrected chi connectivity index (χ1v) is 7.67. The topological polar surface area (TPSA) is 44.8 Å². The molecule has 0 radical (unpaired) electrons. The minimum atomic E-state index is -0.850. The molecule has 1 aliphatic heterocycles. The molecule has 23 heavy (non-hydrogen) atoms. The zero-order valence-electron chi connectivity index (χ0n) is 13.3. The third kappa shape index (κ3) is 3.44. The van der Waals surface area contributed by atoms with Gasteiger partial charge in [0.2, 0.25) is 0 Å². The van der Waals surface area contributed by atoms with Crippen LogP contribution in [-0.2, 0) is 31.4 Å². The molecule has 0 aromatic heterocycles. The maximum atomic E-state index is 11.1. The maximum Gasteiger partial charge on any atom is 0.302 e. The monoisotopic (exact) mass is 312 g/mol. The fourth-order valence-electron chi connectivity index (χ4n) is 2.82. The van der Waals surface area contributed by atoms with Gasteiger partial charge in [-0.05, 0) is 18.1 Å². The van der Waals surface area contributed by atoms with Crippen molar-refractivity contribution < 1.29 is 19.0 Å². The van der Waals surface area contributed by atoms with Gasteiger partial charge in [0.05, 0.1) is 6.61 Å². The first kappa shape index (κ1) is 15.7. The van der Waals surface area contributed by atoms with Crippen molar-refractivity contribution >= 4 is 5.97 Å². The number of carbonyl (C=O) groups excluding carboxylic acids is 1. The number of benzene rings is 2. The third-order valence-corrected chi connectivity index (χ3v) is 3.99. The lowest BCUT2D eigenvalue weighted by Gasteiger charge is -2.26. The SMILES string of the molecule is CC(=O)OCc1ccccc1C1(C)OCC(c2ccccc2)O1. The number of hydrogen-bond acceptors (Lipinski definition) is 4. The molecule has 120 valence electrons. The summed E-state index contributed by atoms with van der Waals surface area (Å²) < 4.78 is 17.3. The van der Waals surface area contributed by atoms with Crippen LogP contribution in [0.1, 0.15) is 36.6 Å². The van der Waals surface area contributed by atoms with Gasteiger partial charge in [0.25, 0.3) is 0 Å². The molecule has 0 saturated carbocycles. The van der Waals surface area contributed by atoms with E-state index in [-0.39, 0.29) is 18.7 Å². The molecule has 2 aromatic carbocycles. The summed E-state index contributed by atoms with van der Waals surface area (Å²) in [7, 11) is 0. The quantitative estimate of drug-likeness (QED) is 0.807. The third-order valence-electron chi connectivity index (χ3n) is 3.99. The molecule has 0 amide bonds. The van der Waals surface area contributed by atoms with Crippen molar-refractivity contribution in [2.75, 3.05) is 6.61 Å². The maximum absolute atomic E-state index is 11.1. The highest BCUT2D eigenvalue weighted by Gasteiger charge is 2.40. The van der Waals surface area contributed by atoms with Gasteiger partial charge in [-0.25, -0.2) is 0 Å². The smallest absolute Gasteiger partial charge is 0.302 e. The minimum Gasteiger partial charge on any atom is -0.461 e. The lowest BCUT2D eigenvalue weighted by molar-refractivity contribution is -0.164. The zero-order chi connectivity index (χ0) is 16.3. The van der Waals surface area contributed by atoms with Crippen molar-refractivity contribution in [2.45, 2.75) is 32.3 Å². The van der Waals surface area contributed by atoms with Crippen LogP contribution in [0.4, 0.5) is 0 Å². The fraction of sp³-hybridized carbons (Fsp3) is 0.316. The first-order chi connectivity index (χ1) is 11.1. The minimum absolute atomic E-state index is 0.108. The first-order valence-electron chi connectivity index (χ1n) is 7.67. The van der Waals surface area contributed by atoms with Crippen molar-refractivity contribution in [1.29, 1.82) is 0 Å². The van der Waals surface area contributed by atoms with E-state index in [9.17, 15) is 4.79 Å². The summed E-state index contributed by atoms with van der Waals surface area (Å²) in [6, 6.07) is 17.7. The summed E-state index contributed by atoms with van der Waals surface area (Å²) in [5, 5.41) is 0. The Hall–Kier alpha value is -2.17. The molecule has 0 aliphatic carbocycles. The number of ether oxygens (including phenoxy) is 3. The normalized spacial score (nSPS) is 23.7. The molecule has 4 heteroatoms. The second kappa shape index (κ2) is 6.52. The molecule has 2 unspecified atom stereocenters. The highest BCUT2D eigenvalue weighted by atomic mass is 16.7. The molecule has 0 N–H and O–H groups in total. The van der Waals surface area contributed by atoms with Gasteiger partial charge in [0.1, 0.15) is 12.7 Å². The number of esters is 1. The summed E-state index contributed by atoms with van der Waals surface area (Å²) in [6.45, 7) is 4.01. The average molecular weight is 312 g/mol. The Bertz CT molecular complexity index is 683. The second-order valence-corrected chi connectivity index (χ2v) is 5.71. The van der Waals surface area contributed by atoms with E-state index in [1.54, 1.807) is 0 Å². The Balaban J connectivity index is 1.83. The molecule has 0 bridgehead atoms. The molecular formula is C19H20O4. The van der Waals surface area contributed by atoms with Crippen LogP contribution in [-0.4, -0.2) is 12.6 Å². The molecule has 4 nitrogen and oxygen atoms in total. The van der Waals surface area contributed by atoms with Crippen LogP contribution in [0, 0.1) is 0 Å². The number of rotatable bonds is 4. The van der Waals surface area contributed by atoms with Crippen LogP contribution in [0.15, 0.2) is 54.6 Å². The van der Waals surface area contributed by atoms with E-state index < -0.39 is 5.79 Å². The summed E-state index contributed by atoms with van der Waals surface area (Å²) in [6.07, 6.45) is -0.108. The van der Waals surface area contributed by atoms with E-state index in [4.69, 9.17) is 14.2 Å². The van der Waals surface area contributed by atoms with Crippen LogP contribution < -0.4 is 0 Å². The van der Waals surface area contributed by atoms with Gasteiger partial charge in [-0.2, -0.15) is 0 Å². The van der Waals surface area contributed by atoms with E-state index in [0.29, 0.717) is 6.61 Å². The van der Waals surface area contributed by atoms with E-state index in [1.165, 1.54) is 6.92 Å². The van der Waals surface area contributed by atoms with Crippen molar-refractivity contribution in [2.24, 2.45) is 0 Å². The van der Waals surface area contributed by atoms with Crippen molar-refractivity contribution in [3.63, 3.8) is 0 Å². The van der Waals surface area contributed by atoms with Gasteiger partial charge < -0.3 is 14.2 Å². The zero-order valence-corrected chi connectivity index (χ0v) is 13.3. The van der Waals surface area contributed by atoms with Gasteiger partial charge in [-0.15, -0.1) is 0 Å². The Kier molecular flexibility index (Phi) is 4.46. The van der Waals surface area contributed by atoms with Gasteiger partial charge >= 0.3 is 5.97 Å². The van der Waals surface area contributed by atoms with E-state index >= 15 is 0 Å². The van der Waals surface area contributed by atoms with E-state index in [2.05, 4.69) is 0 Å². The standard InChI is InChI=1S/C19H20O4/c1-14(20)21-12-16-10-6-7-11-17(16)19(2)22-13-18(23-19)15-8-4-3-5-9-15/h3-11,18H,12-13H2,1-2H3. The Labute approximate surface area is 136 Å². The summed E-state index contributed by atoms with van der Waals surface area (Å²) in [5.74, 6) is -1.16. The summed E-state index contributed by atoms with van der Waals surface area (Å²) >= 11 is 0. The lowest BCUT2D eigenvalue weighted by Crippen LogP contribution is -2.25. The van der Waals surface area contributed by atoms with Crippen molar-refractivity contribution in [1.82, 2.24) is 0 Å². The largest absolute Gasteiger partial charge is 0.461 e. The highest BCUT2D eigenvalue weighted by Crippen LogP contribution is 2.41. The van der Waals surface area contributed by atoms with Crippen LogP contribution in [0.3, 0.4) is 0 Å². The van der Waals surface area contributed by atoms with Crippen LogP contribution in [0.2, 0.25) is 0 Å². The molecular weight excluding hydrogens is 292 g/mol. The molecule has 1 fully saturated rings. The molecule has 1 saturated heterocycles. The Morgan fingerprint density at radius 1 is 1.17 bits per heavy atom. The lowest BCUT2D eigenvalue weighted by atomic mass is 10.0. The molecule has 1 heterocycles. The van der Waals surface area contributed by atoms with Crippen LogP contribution in [0.25, 0.3) is 0 Å². The summed E-state index contributed by atoms with van der Waals surface area (Å²) in [5.41, 5.74) is 2.87. The van der Waals surface area contributed by atoms with Gasteiger partial charge in [0.15, 0.2) is 5.79 Å². The van der Waals surface area contributed by atoms with Crippen LogP contribution >= 0.6 is 0 Å². The second-order valence-electron chi connectivity index (χ2n) is 5.71. The highest BCUT2D eigenvalue weighted by molar-refractivity contribution is 5.66. The van der Waals surface area contributed by atoms with Crippen molar-refractivity contribution in [3.8, 4) is 0 Å². The molecule has 3 rings (SSSR count). The molecule has 2 atom stereocenters. The fourth-order valence-corrected chi connectivity index (χ4v) is 2.82. The molecule has 0 spiro atoms. The molecule has 1 aliphatic rings. The predicted octanol–water partition coefficient (Wildman–Crippen LogP) is 3.71. The van der Waals surface area contributed by atoms with Gasteiger partial charge in [-0.1, -0.05) is 54.6 Å². The average Bonchev–Trinajstić information content (AvgIpc) is 2.97. The Morgan fingerprint density at radius 2 is 1.87 bits per heavy atom.